The molecule has 0 bridgehead atoms. The standard InChI is InChI=1S/C15H15N2O.2C2H6.Y/c1-2-16-15(18)14(12-8-4-3-5-9-12)13-10-6-7-11-17-13;2*1-2;/h3-11H,2H2,1H3,(H,16,18);2*1-2H3;/q-1;;;. The van der Waals surface area contributed by atoms with Gasteiger partial charge in [0.15, 0.2) is 0 Å². The molecule has 0 fully saturated rings. The number of hydrogen-bond donors (Lipinski definition) is 1. The van der Waals surface area contributed by atoms with E-state index in [1.807, 2.05) is 83.1 Å². The van der Waals surface area contributed by atoms with Gasteiger partial charge in [-0.15, -0.1) is 35.9 Å². The van der Waals surface area contributed by atoms with Crippen LogP contribution in [0, 0.1) is 5.92 Å². The molecule has 0 atom stereocenters. The van der Waals surface area contributed by atoms with Gasteiger partial charge in [-0.05, 0) is 18.5 Å². The molecule has 23 heavy (non-hydrogen) atoms. The molecule has 0 aliphatic carbocycles. The number of nitrogens with one attached hydrogen (secondary N) is 1. The third-order valence-electron chi connectivity index (χ3n) is 2.55. The maximum absolute atomic E-state index is 12.2. The van der Waals surface area contributed by atoms with Crippen molar-refractivity contribution in [3.8, 4) is 0 Å². The first-order chi connectivity index (χ1) is 10.8. The van der Waals surface area contributed by atoms with Crippen LogP contribution in [0.4, 0.5) is 0 Å². The molecule has 1 N–H and O–H groups in total. The molecule has 4 heteroatoms. The van der Waals surface area contributed by atoms with Gasteiger partial charge in [0.2, 0.25) is 5.91 Å². The Kier molecular flexibility index (Phi) is 16.4. The van der Waals surface area contributed by atoms with Crippen LogP contribution in [-0.2, 0) is 37.5 Å². The van der Waals surface area contributed by atoms with Crippen LogP contribution in [0.25, 0.3) is 0 Å². The third kappa shape index (κ3) is 8.29. The van der Waals surface area contributed by atoms with E-state index in [0.717, 1.165) is 5.56 Å². The first-order valence-electron chi connectivity index (χ1n) is 7.95. The molecular weight excluding hydrogens is 361 g/mol. The van der Waals surface area contributed by atoms with Gasteiger partial charge in [-0.2, -0.15) is 0 Å². The monoisotopic (exact) mass is 388 g/mol. The molecular formula is C19H27N2OY-. The Balaban J connectivity index is 0. The van der Waals surface area contributed by atoms with Crippen LogP contribution in [0.1, 0.15) is 45.9 Å². The third-order valence-corrected chi connectivity index (χ3v) is 2.55. The second kappa shape index (κ2) is 15.7. The minimum atomic E-state index is -0.0950. The summed E-state index contributed by atoms with van der Waals surface area (Å²) in [5, 5.41) is 2.83. The van der Waals surface area contributed by atoms with Crippen molar-refractivity contribution in [2.24, 2.45) is 0 Å². The number of aromatic nitrogens is 1. The molecule has 2 aromatic rings. The Morgan fingerprint density at radius 3 is 2.04 bits per heavy atom. The van der Waals surface area contributed by atoms with Gasteiger partial charge < -0.3 is 5.32 Å². The van der Waals surface area contributed by atoms with Crippen molar-refractivity contribution < 1.29 is 37.5 Å². The molecule has 0 aliphatic rings. The number of benzene rings is 1. The zero-order valence-electron chi connectivity index (χ0n) is 14.8. The van der Waals surface area contributed by atoms with Crippen LogP contribution in [0.2, 0.25) is 0 Å². The summed E-state index contributed by atoms with van der Waals surface area (Å²) in [5.74, 6) is 0.514. The smallest absolute Gasteiger partial charge is 0.211 e. The fourth-order valence-corrected chi connectivity index (χ4v) is 1.76. The number of hydrogen-bond acceptors (Lipinski definition) is 2. The Labute approximate surface area is 166 Å². The quantitative estimate of drug-likeness (QED) is 0.797. The Bertz CT molecular complexity index is 464. The van der Waals surface area contributed by atoms with Crippen molar-refractivity contribution in [3.05, 3.63) is 71.9 Å². The predicted molar refractivity (Wildman–Crippen MR) is 93.5 cm³/mol. The fourth-order valence-electron chi connectivity index (χ4n) is 1.76. The number of carbonyl (C=O) groups is 1. The van der Waals surface area contributed by atoms with Crippen LogP contribution in [0.5, 0.6) is 0 Å². The molecule has 1 radical (unpaired) electrons. The summed E-state index contributed by atoms with van der Waals surface area (Å²) in [7, 11) is 0. The Morgan fingerprint density at radius 2 is 1.57 bits per heavy atom. The molecule has 1 aromatic heterocycles. The number of likely N-dealkylation sites (N-methyl/N-ethyl adjacent to an activating group) is 1. The fraction of sp³-hybridized carbons (Fsp3) is 0.316. The van der Waals surface area contributed by atoms with E-state index < -0.39 is 0 Å². The maximum atomic E-state index is 12.2. The molecule has 123 valence electrons. The number of nitrogens with zero attached hydrogens (tertiary/aromatic N) is 1. The molecule has 3 nitrogen and oxygen atoms in total. The number of carbonyl (C=O) groups excluding carboxylic acids is 1. The van der Waals surface area contributed by atoms with Gasteiger partial charge in [-0.1, -0.05) is 45.9 Å². The molecule has 0 saturated carbocycles. The average molecular weight is 388 g/mol. The minimum absolute atomic E-state index is 0. The van der Waals surface area contributed by atoms with Crippen molar-refractivity contribution in [2.75, 3.05) is 6.54 Å². The summed E-state index contributed by atoms with van der Waals surface area (Å²) >= 11 is 0. The van der Waals surface area contributed by atoms with Gasteiger partial charge in [-0.25, -0.2) is 0 Å². The van der Waals surface area contributed by atoms with Crippen LogP contribution in [0.15, 0.2) is 54.7 Å². The SMILES string of the molecule is CC.CC.CCNC(=O)[C-](c1ccccc1)c1ccccn1.[Y]. The number of rotatable bonds is 4. The van der Waals surface area contributed by atoms with Gasteiger partial charge in [0.1, 0.15) is 0 Å². The van der Waals surface area contributed by atoms with Crippen molar-refractivity contribution in [1.29, 1.82) is 0 Å². The normalized spacial score (nSPS) is 8.22. The minimum Gasteiger partial charge on any atom is -0.360 e. The molecule has 0 aliphatic heterocycles. The Morgan fingerprint density at radius 1 is 1.00 bits per heavy atom. The summed E-state index contributed by atoms with van der Waals surface area (Å²) in [4.78, 5) is 16.4. The van der Waals surface area contributed by atoms with E-state index in [1.54, 1.807) is 6.20 Å². The van der Waals surface area contributed by atoms with Crippen molar-refractivity contribution in [1.82, 2.24) is 10.3 Å². The van der Waals surface area contributed by atoms with Crippen LogP contribution in [0.3, 0.4) is 0 Å². The van der Waals surface area contributed by atoms with Crippen LogP contribution < -0.4 is 5.32 Å². The second-order valence-electron chi connectivity index (χ2n) is 3.82. The average Bonchev–Trinajstić information content (AvgIpc) is 2.61. The number of amides is 1. The van der Waals surface area contributed by atoms with E-state index in [1.165, 1.54) is 0 Å². The zero-order chi connectivity index (χ0) is 16.8. The summed E-state index contributed by atoms with van der Waals surface area (Å²) in [6, 6.07) is 15.1. The van der Waals surface area contributed by atoms with E-state index in [4.69, 9.17) is 0 Å². The Hall–Kier alpha value is -1.19. The molecule has 0 spiro atoms. The molecule has 1 heterocycles. The van der Waals surface area contributed by atoms with E-state index in [2.05, 4.69) is 10.3 Å². The van der Waals surface area contributed by atoms with Gasteiger partial charge >= 0.3 is 0 Å². The van der Waals surface area contributed by atoms with Crippen LogP contribution >= 0.6 is 0 Å². The van der Waals surface area contributed by atoms with Gasteiger partial charge in [0, 0.05) is 45.5 Å². The van der Waals surface area contributed by atoms with Crippen molar-refractivity contribution in [3.63, 3.8) is 0 Å². The first-order valence-corrected chi connectivity index (χ1v) is 7.95. The van der Waals surface area contributed by atoms with E-state index in [-0.39, 0.29) is 38.6 Å². The van der Waals surface area contributed by atoms with Crippen LogP contribution in [-0.4, -0.2) is 17.4 Å². The second-order valence-corrected chi connectivity index (χ2v) is 3.82. The van der Waals surface area contributed by atoms with Gasteiger partial charge in [0.25, 0.3) is 0 Å². The summed E-state index contributed by atoms with van der Waals surface area (Å²) in [6.45, 7) is 10.5. The maximum Gasteiger partial charge on any atom is 0.211 e. The van der Waals surface area contributed by atoms with Gasteiger partial charge in [0.05, 0.1) is 0 Å². The molecule has 0 unspecified atom stereocenters. The molecule has 1 aromatic carbocycles. The summed E-state index contributed by atoms with van der Waals surface area (Å²) < 4.78 is 0. The first kappa shape index (κ1) is 24.1. The largest absolute Gasteiger partial charge is 0.360 e. The van der Waals surface area contributed by atoms with Crippen molar-refractivity contribution >= 4 is 5.91 Å². The topological polar surface area (TPSA) is 42.0 Å². The molecule has 1 amide bonds. The van der Waals surface area contributed by atoms with Crippen molar-refractivity contribution in [2.45, 2.75) is 34.6 Å². The molecule has 0 saturated heterocycles. The zero-order valence-corrected chi connectivity index (χ0v) is 17.7. The summed E-state index contributed by atoms with van der Waals surface area (Å²) in [6.07, 6.45) is 1.69. The van der Waals surface area contributed by atoms with E-state index in [0.29, 0.717) is 18.2 Å². The van der Waals surface area contributed by atoms with Gasteiger partial charge in [-0.3, -0.25) is 9.78 Å². The predicted octanol–water partition coefficient (Wildman–Crippen LogP) is 4.24. The van der Waals surface area contributed by atoms with E-state index in [9.17, 15) is 4.79 Å². The molecule has 2 rings (SSSR count). The summed E-state index contributed by atoms with van der Waals surface area (Å²) in [5.41, 5.74) is 1.57. The van der Waals surface area contributed by atoms with E-state index >= 15 is 0 Å². The number of pyridine rings is 1.